The summed E-state index contributed by atoms with van der Waals surface area (Å²) in [5, 5.41) is 0.119. The molecule has 1 aromatic carbocycles. The van der Waals surface area contributed by atoms with Gasteiger partial charge in [0.25, 0.3) is 10.0 Å². The number of imidazole rings is 1. The second-order valence-corrected chi connectivity index (χ2v) is 8.11. The molecular weight excluding hydrogens is 312 g/mol. The van der Waals surface area contributed by atoms with Crippen LogP contribution in [0.1, 0.15) is 38.3 Å². The molecule has 124 valence electrons. The highest BCUT2D eigenvalue weighted by Crippen LogP contribution is 2.33. The maximum atomic E-state index is 12.9. The Hall–Kier alpha value is -1.86. The Balaban J connectivity index is 1.88. The number of aromatic nitrogens is 2. The molecule has 0 spiro atoms. The SMILES string of the molecule is CC(C)n1cnc(S(=O)(=O)N(Cc2ccc(N)cc2)C2CC2)c1. The molecule has 1 saturated carbocycles. The summed E-state index contributed by atoms with van der Waals surface area (Å²) in [7, 11) is -3.59. The molecule has 1 aliphatic rings. The standard InChI is InChI=1S/C16H22N4O2S/c1-12(2)19-10-16(18-11-19)23(21,22)20(15-7-8-15)9-13-3-5-14(17)6-4-13/h3-6,10-12,15H,7-9,17H2,1-2H3. The molecule has 0 unspecified atom stereocenters. The number of rotatable bonds is 6. The average molecular weight is 334 g/mol. The van der Waals surface area contributed by atoms with Gasteiger partial charge in [-0.1, -0.05) is 12.1 Å². The normalized spacial score (nSPS) is 15.5. The summed E-state index contributed by atoms with van der Waals surface area (Å²) >= 11 is 0. The van der Waals surface area contributed by atoms with Crippen molar-refractivity contribution in [2.45, 2.75) is 50.3 Å². The van der Waals surface area contributed by atoms with Crippen LogP contribution in [0.5, 0.6) is 0 Å². The van der Waals surface area contributed by atoms with Gasteiger partial charge in [0.2, 0.25) is 0 Å². The lowest BCUT2D eigenvalue weighted by molar-refractivity contribution is 0.397. The molecule has 7 heteroatoms. The molecular formula is C16H22N4O2S. The van der Waals surface area contributed by atoms with Crippen molar-refractivity contribution in [2.75, 3.05) is 5.73 Å². The van der Waals surface area contributed by atoms with Gasteiger partial charge in [-0.05, 0) is 44.4 Å². The summed E-state index contributed by atoms with van der Waals surface area (Å²) in [6.45, 7) is 4.33. The molecule has 2 N–H and O–H groups in total. The fourth-order valence-corrected chi connectivity index (χ4v) is 4.03. The van der Waals surface area contributed by atoms with Crippen molar-refractivity contribution in [2.24, 2.45) is 0 Å². The Morgan fingerprint density at radius 3 is 2.48 bits per heavy atom. The smallest absolute Gasteiger partial charge is 0.262 e. The van der Waals surface area contributed by atoms with Crippen molar-refractivity contribution in [3.8, 4) is 0 Å². The molecule has 0 bridgehead atoms. The van der Waals surface area contributed by atoms with E-state index in [4.69, 9.17) is 5.73 Å². The summed E-state index contributed by atoms with van der Waals surface area (Å²) in [4.78, 5) is 4.11. The summed E-state index contributed by atoms with van der Waals surface area (Å²) in [6, 6.07) is 7.57. The molecule has 6 nitrogen and oxygen atoms in total. The predicted octanol–water partition coefficient (Wildman–Crippen LogP) is 2.40. The van der Waals surface area contributed by atoms with Gasteiger partial charge in [-0.3, -0.25) is 0 Å². The van der Waals surface area contributed by atoms with Gasteiger partial charge in [0.15, 0.2) is 5.03 Å². The number of hydrogen-bond acceptors (Lipinski definition) is 4. The quantitative estimate of drug-likeness (QED) is 0.823. The van der Waals surface area contributed by atoms with E-state index in [1.54, 1.807) is 33.5 Å². The minimum absolute atomic E-state index is 0.0711. The molecule has 1 heterocycles. The molecule has 0 atom stereocenters. The molecule has 1 aliphatic carbocycles. The van der Waals surface area contributed by atoms with Gasteiger partial charge in [-0.15, -0.1) is 0 Å². The van der Waals surface area contributed by atoms with E-state index in [1.165, 1.54) is 0 Å². The summed E-state index contributed by atoms with van der Waals surface area (Å²) in [5.74, 6) is 0. The highest BCUT2D eigenvalue weighted by Gasteiger charge is 2.39. The second-order valence-electron chi connectivity index (χ2n) is 6.28. The Morgan fingerprint density at radius 1 is 1.30 bits per heavy atom. The van der Waals surface area contributed by atoms with Gasteiger partial charge in [0, 0.05) is 30.5 Å². The Kier molecular flexibility index (Phi) is 4.16. The predicted molar refractivity (Wildman–Crippen MR) is 89.2 cm³/mol. The number of nitrogens with zero attached hydrogens (tertiary/aromatic N) is 3. The number of sulfonamides is 1. The Bertz CT molecular complexity index is 777. The fraction of sp³-hybridized carbons (Fsp3) is 0.438. The van der Waals surface area contributed by atoms with Gasteiger partial charge in [-0.2, -0.15) is 4.31 Å². The van der Waals surface area contributed by atoms with E-state index >= 15 is 0 Å². The minimum atomic E-state index is -3.59. The second kappa shape index (κ2) is 5.98. The first kappa shape index (κ1) is 16.0. The Labute approximate surface area is 137 Å². The molecule has 0 saturated heterocycles. The largest absolute Gasteiger partial charge is 0.399 e. The third kappa shape index (κ3) is 3.40. The van der Waals surface area contributed by atoms with Crippen LogP contribution in [0.2, 0.25) is 0 Å². The molecule has 1 aromatic heterocycles. The monoisotopic (exact) mass is 334 g/mol. The van der Waals surface area contributed by atoms with E-state index in [0.29, 0.717) is 12.2 Å². The van der Waals surface area contributed by atoms with Crippen molar-refractivity contribution < 1.29 is 8.42 Å². The van der Waals surface area contributed by atoms with Crippen LogP contribution in [0.3, 0.4) is 0 Å². The first-order valence-electron chi connectivity index (χ1n) is 7.77. The number of anilines is 1. The molecule has 1 fully saturated rings. The number of nitrogen functional groups attached to an aromatic ring is 1. The van der Waals surface area contributed by atoms with E-state index in [1.807, 2.05) is 26.0 Å². The van der Waals surface area contributed by atoms with Crippen LogP contribution in [-0.2, 0) is 16.6 Å². The molecule has 2 aromatic rings. The lowest BCUT2D eigenvalue weighted by Crippen LogP contribution is -2.33. The van der Waals surface area contributed by atoms with Gasteiger partial charge in [-0.25, -0.2) is 13.4 Å². The van der Waals surface area contributed by atoms with E-state index in [-0.39, 0.29) is 17.1 Å². The minimum Gasteiger partial charge on any atom is -0.399 e. The van der Waals surface area contributed by atoms with Gasteiger partial charge >= 0.3 is 0 Å². The third-order valence-corrected chi connectivity index (χ3v) is 5.80. The topological polar surface area (TPSA) is 81.2 Å². The van der Waals surface area contributed by atoms with Gasteiger partial charge in [0.05, 0.1) is 6.33 Å². The summed E-state index contributed by atoms with van der Waals surface area (Å²) in [5.41, 5.74) is 7.29. The molecule has 0 amide bonds. The first-order valence-corrected chi connectivity index (χ1v) is 9.21. The highest BCUT2D eigenvalue weighted by atomic mass is 32.2. The van der Waals surface area contributed by atoms with Crippen LogP contribution < -0.4 is 5.73 Å². The zero-order chi connectivity index (χ0) is 16.6. The summed E-state index contributed by atoms with van der Waals surface area (Å²) < 4.78 is 29.3. The van der Waals surface area contributed by atoms with Crippen molar-refractivity contribution in [3.05, 3.63) is 42.4 Å². The van der Waals surface area contributed by atoms with Crippen molar-refractivity contribution in [1.29, 1.82) is 0 Å². The molecule has 0 radical (unpaired) electrons. The summed E-state index contributed by atoms with van der Waals surface area (Å²) in [6.07, 6.45) is 4.99. The lowest BCUT2D eigenvalue weighted by atomic mass is 10.2. The third-order valence-electron chi connectivity index (χ3n) is 4.02. The van der Waals surface area contributed by atoms with E-state index in [2.05, 4.69) is 4.98 Å². The zero-order valence-electron chi connectivity index (χ0n) is 13.4. The van der Waals surface area contributed by atoms with E-state index in [0.717, 1.165) is 18.4 Å². The van der Waals surface area contributed by atoms with E-state index in [9.17, 15) is 8.42 Å². The number of nitrogens with two attached hydrogens (primary N) is 1. The molecule has 0 aliphatic heterocycles. The maximum Gasteiger partial charge on any atom is 0.262 e. The highest BCUT2D eigenvalue weighted by molar-refractivity contribution is 7.89. The van der Waals surface area contributed by atoms with Crippen molar-refractivity contribution in [1.82, 2.24) is 13.9 Å². The van der Waals surface area contributed by atoms with E-state index < -0.39 is 10.0 Å². The number of hydrogen-bond donors (Lipinski definition) is 1. The van der Waals surface area contributed by atoms with Gasteiger partial charge in [0.1, 0.15) is 0 Å². The molecule has 23 heavy (non-hydrogen) atoms. The van der Waals surface area contributed by atoms with Crippen LogP contribution in [-0.4, -0.2) is 28.3 Å². The lowest BCUT2D eigenvalue weighted by Gasteiger charge is -2.20. The van der Waals surface area contributed by atoms with Crippen LogP contribution in [0.25, 0.3) is 0 Å². The maximum absolute atomic E-state index is 12.9. The van der Waals surface area contributed by atoms with Crippen LogP contribution in [0.15, 0.2) is 41.8 Å². The van der Waals surface area contributed by atoms with Crippen LogP contribution >= 0.6 is 0 Å². The van der Waals surface area contributed by atoms with Crippen molar-refractivity contribution >= 4 is 15.7 Å². The van der Waals surface area contributed by atoms with Crippen LogP contribution in [0.4, 0.5) is 5.69 Å². The Morgan fingerprint density at radius 2 is 1.96 bits per heavy atom. The number of benzene rings is 1. The first-order chi connectivity index (χ1) is 10.9. The average Bonchev–Trinajstić information content (AvgIpc) is 3.20. The van der Waals surface area contributed by atoms with Crippen LogP contribution in [0, 0.1) is 0 Å². The fourth-order valence-electron chi connectivity index (χ4n) is 2.43. The molecule has 3 rings (SSSR count). The van der Waals surface area contributed by atoms with Gasteiger partial charge < -0.3 is 10.3 Å². The van der Waals surface area contributed by atoms with Crippen molar-refractivity contribution in [3.63, 3.8) is 0 Å². The zero-order valence-corrected chi connectivity index (χ0v) is 14.2.